The van der Waals surface area contributed by atoms with Gasteiger partial charge in [0.15, 0.2) is 0 Å². The summed E-state index contributed by atoms with van der Waals surface area (Å²) >= 11 is 0. The molecule has 0 N–H and O–H groups in total. The molecule has 0 aromatic heterocycles. The summed E-state index contributed by atoms with van der Waals surface area (Å²) in [6.07, 6.45) is 7.07. The van der Waals surface area contributed by atoms with Gasteiger partial charge in [0.25, 0.3) is 0 Å². The van der Waals surface area contributed by atoms with Gasteiger partial charge in [-0.25, -0.2) is 4.79 Å². The van der Waals surface area contributed by atoms with Crippen molar-refractivity contribution in [2.75, 3.05) is 0 Å². The van der Waals surface area contributed by atoms with Crippen molar-refractivity contribution in [1.82, 2.24) is 0 Å². The standard InChI is InChI=1S/C17H24O3/c1-11(2)15(19)20-17-8-13-4-14(9-17)7-16(6-13,10-17)5-12(3)18/h13-14H,1,4-10H2,2-3H3. The van der Waals surface area contributed by atoms with Gasteiger partial charge in [-0.05, 0) is 69.6 Å². The van der Waals surface area contributed by atoms with Crippen LogP contribution in [0.1, 0.15) is 58.8 Å². The van der Waals surface area contributed by atoms with E-state index >= 15 is 0 Å². The summed E-state index contributed by atoms with van der Waals surface area (Å²) in [7, 11) is 0. The quantitative estimate of drug-likeness (QED) is 0.583. The second-order valence-electron chi connectivity index (χ2n) is 7.69. The Labute approximate surface area is 120 Å². The summed E-state index contributed by atoms with van der Waals surface area (Å²) in [6, 6.07) is 0. The van der Waals surface area contributed by atoms with Gasteiger partial charge in [0.05, 0.1) is 0 Å². The SMILES string of the molecule is C=C(C)C(=O)OC12CC3CC(CC(CC(C)=O)(C3)C1)C2. The maximum absolute atomic E-state index is 12.0. The fourth-order valence-corrected chi connectivity index (χ4v) is 5.50. The average Bonchev–Trinajstić information content (AvgIpc) is 2.23. The zero-order valence-corrected chi connectivity index (χ0v) is 12.5. The Morgan fingerprint density at radius 1 is 1.15 bits per heavy atom. The first-order valence-corrected chi connectivity index (χ1v) is 7.70. The van der Waals surface area contributed by atoms with Crippen LogP contribution in [0.3, 0.4) is 0 Å². The van der Waals surface area contributed by atoms with Gasteiger partial charge in [0.1, 0.15) is 11.4 Å². The van der Waals surface area contributed by atoms with E-state index in [0.717, 1.165) is 32.1 Å². The van der Waals surface area contributed by atoms with Gasteiger partial charge in [0.2, 0.25) is 0 Å². The smallest absolute Gasteiger partial charge is 0.333 e. The van der Waals surface area contributed by atoms with Crippen LogP contribution < -0.4 is 0 Å². The molecule has 0 saturated heterocycles. The van der Waals surface area contributed by atoms with E-state index < -0.39 is 0 Å². The number of ketones is 1. The molecule has 2 atom stereocenters. The number of carbonyl (C=O) groups is 2. The molecule has 4 aliphatic carbocycles. The van der Waals surface area contributed by atoms with Crippen LogP contribution in [0.5, 0.6) is 0 Å². The second kappa shape index (κ2) is 4.44. The van der Waals surface area contributed by atoms with E-state index in [4.69, 9.17) is 4.74 Å². The lowest BCUT2D eigenvalue weighted by Crippen LogP contribution is -2.57. The summed E-state index contributed by atoms with van der Waals surface area (Å²) in [5.74, 6) is 1.28. The lowest BCUT2D eigenvalue weighted by atomic mass is 9.47. The van der Waals surface area contributed by atoms with Crippen molar-refractivity contribution in [2.45, 2.75) is 64.4 Å². The van der Waals surface area contributed by atoms with Crippen molar-refractivity contribution in [3.8, 4) is 0 Å². The van der Waals surface area contributed by atoms with E-state index in [1.807, 2.05) is 0 Å². The summed E-state index contributed by atoms with van der Waals surface area (Å²) in [5.41, 5.74) is 0.266. The average molecular weight is 276 g/mol. The third-order valence-electron chi connectivity index (χ3n) is 5.41. The molecule has 0 spiro atoms. The Balaban J connectivity index is 1.85. The van der Waals surface area contributed by atoms with E-state index in [9.17, 15) is 9.59 Å². The molecule has 0 aromatic carbocycles. The van der Waals surface area contributed by atoms with E-state index in [0.29, 0.717) is 23.8 Å². The molecule has 4 saturated carbocycles. The minimum Gasteiger partial charge on any atom is -0.456 e. The molecule has 0 heterocycles. The molecule has 3 heteroatoms. The second-order valence-corrected chi connectivity index (χ2v) is 7.69. The molecule has 3 nitrogen and oxygen atoms in total. The molecular weight excluding hydrogens is 252 g/mol. The fraction of sp³-hybridized carbons (Fsp3) is 0.765. The molecule has 2 unspecified atom stereocenters. The van der Waals surface area contributed by atoms with E-state index in [-0.39, 0.29) is 22.8 Å². The zero-order chi connectivity index (χ0) is 14.5. The van der Waals surface area contributed by atoms with E-state index in [1.54, 1.807) is 13.8 Å². The van der Waals surface area contributed by atoms with Crippen LogP contribution in [-0.2, 0) is 14.3 Å². The molecule has 0 aliphatic heterocycles. The van der Waals surface area contributed by atoms with Crippen LogP contribution in [0.4, 0.5) is 0 Å². The molecule has 4 fully saturated rings. The maximum Gasteiger partial charge on any atom is 0.333 e. The molecule has 0 radical (unpaired) electrons. The van der Waals surface area contributed by atoms with Gasteiger partial charge in [-0.2, -0.15) is 0 Å². The third-order valence-corrected chi connectivity index (χ3v) is 5.41. The summed E-state index contributed by atoms with van der Waals surface area (Å²) in [4.78, 5) is 23.6. The maximum atomic E-state index is 12.0. The van der Waals surface area contributed by atoms with Gasteiger partial charge >= 0.3 is 5.97 Å². The van der Waals surface area contributed by atoms with Crippen molar-refractivity contribution in [2.24, 2.45) is 17.3 Å². The molecule has 0 aromatic rings. The molecule has 4 rings (SSSR count). The van der Waals surface area contributed by atoms with Crippen LogP contribution in [0.25, 0.3) is 0 Å². The summed E-state index contributed by atoms with van der Waals surface area (Å²) in [6.45, 7) is 7.08. The molecule has 110 valence electrons. The first-order valence-electron chi connectivity index (χ1n) is 7.70. The van der Waals surface area contributed by atoms with Gasteiger partial charge in [-0.15, -0.1) is 0 Å². The monoisotopic (exact) mass is 276 g/mol. The molecule has 20 heavy (non-hydrogen) atoms. The minimum absolute atomic E-state index is 0.102. The Bertz CT molecular complexity index is 463. The number of ether oxygens (including phenoxy) is 1. The highest BCUT2D eigenvalue weighted by Crippen LogP contribution is 2.64. The van der Waals surface area contributed by atoms with Crippen LogP contribution in [-0.4, -0.2) is 17.4 Å². The van der Waals surface area contributed by atoms with Gasteiger partial charge < -0.3 is 9.53 Å². The minimum atomic E-state index is -0.310. The number of esters is 1. The Morgan fingerprint density at radius 3 is 2.25 bits per heavy atom. The predicted octanol–water partition coefficient (Wildman–Crippen LogP) is 3.42. The van der Waals surface area contributed by atoms with E-state index in [1.165, 1.54) is 6.42 Å². The molecular formula is C17H24O3. The summed E-state index contributed by atoms with van der Waals surface area (Å²) in [5, 5.41) is 0. The summed E-state index contributed by atoms with van der Waals surface area (Å²) < 4.78 is 5.87. The number of Topliss-reactive ketones (excluding diaryl/α,β-unsaturated/α-hetero) is 1. The zero-order valence-electron chi connectivity index (χ0n) is 12.5. The van der Waals surface area contributed by atoms with E-state index in [2.05, 4.69) is 6.58 Å². The number of hydrogen-bond acceptors (Lipinski definition) is 3. The van der Waals surface area contributed by atoms with Crippen LogP contribution >= 0.6 is 0 Å². The van der Waals surface area contributed by atoms with Crippen molar-refractivity contribution in [1.29, 1.82) is 0 Å². The predicted molar refractivity (Wildman–Crippen MR) is 76.1 cm³/mol. The van der Waals surface area contributed by atoms with Gasteiger partial charge in [-0.3, -0.25) is 0 Å². The number of hydrogen-bond donors (Lipinski definition) is 0. The van der Waals surface area contributed by atoms with Crippen LogP contribution in [0.2, 0.25) is 0 Å². The largest absolute Gasteiger partial charge is 0.456 e. The number of carbonyl (C=O) groups excluding carboxylic acids is 2. The highest BCUT2D eigenvalue weighted by Gasteiger charge is 2.59. The van der Waals surface area contributed by atoms with Crippen molar-refractivity contribution >= 4 is 11.8 Å². The molecule has 0 amide bonds. The molecule has 4 bridgehead atoms. The van der Waals surface area contributed by atoms with Crippen LogP contribution in [0, 0.1) is 17.3 Å². The normalized spacial score (nSPS) is 41.5. The third kappa shape index (κ3) is 2.32. The first kappa shape index (κ1) is 13.8. The van der Waals surface area contributed by atoms with Crippen molar-refractivity contribution < 1.29 is 14.3 Å². The Kier molecular flexibility index (Phi) is 3.07. The number of rotatable bonds is 4. The van der Waals surface area contributed by atoms with Gasteiger partial charge in [-0.1, -0.05) is 6.58 Å². The fourth-order valence-electron chi connectivity index (χ4n) is 5.50. The highest BCUT2D eigenvalue weighted by atomic mass is 16.6. The lowest BCUT2D eigenvalue weighted by molar-refractivity contribution is -0.198. The van der Waals surface area contributed by atoms with Gasteiger partial charge in [0, 0.05) is 12.0 Å². The Hall–Kier alpha value is -1.12. The molecule has 4 aliphatic rings. The topological polar surface area (TPSA) is 43.4 Å². The Morgan fingerprint density at radius 2 is 1.75 bits per heavy atom. The highest BCUT2D eigenvalue weighted by molar-refractivity contribution is 5.87. The van der Waals surface area contributed by atoms with Crippen molar-refractivity contribution in [3.05, 3.63) is 12.2 Å². The van der Waals surface area contributed by atoms with Crippen molar-refractivity contribution in [3.63, 3.8) is 0 Å². The first-order chi connectivity index (χ1) is 9.31. The lowest BCUT2D eigenvalue weighted by Gasteiger charge is -2.61. The van der Waals surface area contributed by atoms with Crippen LogP contribution in [0.15, 0.2) is 12.2 Å².